The zero-order chi connectivity index (χ0) is 19.8. The van der Waals surface area contributed by atoms with Gasteiger partial charge in [0.05, 0.1) is 7.11 Å². The SMILES string of the molecule is CONC(=O)c1nccc(Oc2ccc(NC(=O)Nc3ccccc3)cc2)n1. The molecule has 0 aliphatic carbocycles. The number of hydrogen-bond donors (Lipinski definition) is 3. The number of aromatic nitrogens is 2. The standard InChI is InChI=1S/C19H17N5O4/c1-27-24-18(25)17-20-12-11-16(23-17)28-15-9-7-14(8-10-15)22-19(26)21-13-5-3-2-4-6-13/h2-12H,1H3,(H,24,25)(H2,21,22,26). The number of hydroxylamine groups is 1. The Balaban J connectivity index is 1.59. The molecule has 0 radical (unpaired) electrons. The first-order valence-electron chi connectivity index (χ1n) is 8.21. The molecule has 0 spiro atoms. The Hall–Kier alpha value is -3.98. The summed E-state index contributed by atoms with van der Waals surface area (Å²) in [6.45, 7) is 0. The number of rotatable bonds is 6. The van der Waals surface area contributed by atoms with Gasteiger partial charge in [0.2, 0.25) is 11.7 Å². The monoisotopic (exact) mass is 379 g/mol. The Kier molecular flexibility index (Phi) is 6.11. The van der Waals surface area contributed by atoms with Crippen LogP contribution in [0.3, 0.4) is 0 Å². The summed E-state index contributed by atoms with van der Waals surface area (Å²) in [4.78, 5) is 36.0. The number of amides is 3. The Labute approximate surface area is 160 Å². The van der Waals surface area contributed by atoms with Crippen molar-refractivity contribution in [2.24, 2.45) is 0 Å². The highest BCUT2D eigenvalue weighted by Gasteiger charge is 2.10. The number of ether oxygens (including phenoxy) is 1. The van der Waals surface area contributed by atoms with E-state index in [1.165, 1.54) is 19.4 Å². The summed E-state index contributed by atoms with van der Waals surface area (Å²) in [5, 5.41) is 5.45. The largest absolute Gasteiger partial charge is 0.439 e. The van der Waals surface area contributed by atoms with Crippen LogP contribution >= 0.6 is 0 Å². The van der Waals surface area contributed by atoms with Crippen LogP contribution in [0.5, 0.6) is 11.6 Å². The molecule has 2 aromatic carbocycles. The van der Waals surface area contributed by atoms with Crippen molar-refractivity contribution < 1.29 is 19.2 Å². The minimum atomic E-state index is -0.586. The number of benzene rings is 2. The molecule has 0 unspecified atom stereocenters. The summed E-state index contributed by atoms with van der Waals surface area (Å²) < 4.78 is 5.60. The maximum absolute atomic E-state index is 12.0. The van der Waals surface area contributed by atoms with Crippen LogP contribution in [0.4, 0.5) is 16.2 Å². The van der Waals surface area contributed by atoms with Crippen molar-refractivity contribution in [3.63, 3.8) is 0 Å². The topological polar surface area (TPSA) is 114 Å². The molecule has 0 saturated heterocycles. The summed E-state index contributed by atoms with van der Waals surface area (Å²) in [7, 11) is 1.31. The van der Waals surface area contributed by atoms with Crippen molar-refractivity contribution in [2.75, 3.05) is 17.7 Å². The molecular weight excluding hydrogens is 362 g/mol. The van der Waals surface area contributed by atoms with Gasteiger partial charge in [-0.1, -0.05) is 18.2 Å². The average Bonchev–Trinajstić information content (AvgIpc) is 2.70. The number of nitrogens with one attached hydrogen (secondary N) is 3. The minimum absolute atomic E-state index is 0.0878. The van der Waals surface area contributed by atoms with Gasteiger partial charge in [-0.15, -0.1) is 0 Å². The molecule has 9 nitrogen and oxygen atoms in total. The Morgan fingerprint density at radius 3 is 2.25 bits per heavy atom. The van der Waals surface area contributed by atoms with Crippen LogP contribution in [0.25, 0.3) is 0 Å². The van der Waals surface area contributed by atoms with Gasteiger partial charge >= 0.3 is 11.9 Å². The molecule has 3 aromatic rings. The molecule has 0 atom stereocenters. The molecule has 0 saturated carbocycles. The highest BCUT2D eigenvalue weighted by Crippen LogP contribution is 2.21. The first-order chi connectivity index (χ1) is 13.6. The van der Waals surface area contributed by atoms with E-state index >= 15 is 0 Å². The smallest absolute Gasteiger partial charge is 0.323 e. The van der Waals surface area contributed by atoms with E-state index in [1.54, 1.807) is 36.4 Å². The molecule has 0 aliphatic heterocycles. The van der Waals surface area contributed by atoms with Crippen molar-refractivity contribution in [1.29, 1.82) is 0 Å². The average molecular weight is 379 g/mol. The van der Waals surface area contributed by atoms with Crippen LogP contribution in [-0.4, -0.2) is 29.0 Å². The molecule has 0 bridgehead atoms. The van der Waals surface area contributed by atoms with E-state index < -0.39 is 5.91 Å². The number of carbonyl (C=O) groups excluding carboxylic acids is 2. The summed E-state index contributed by atoms with van der Waals surface area (Å²) in [5.41, 5.74) is 3.41. The zero-order valence-corrected chi connectivity index (χ0v) is 14.9. The minimum Gasteiger partial charge on any atom is -0.439 e. The number of urea groups is 1. The van der Waals surface area contributed by atoms with Gasteiger partial charge in [-0.05, 0) is 36.4 Å². The lowest BCUT2D eigenvalue weighted by molar-refractivity contribution is 0.0526. The van der Waals surface area contributed by atoms with E-state index in [4.69, 9.17) is 4.74 Å². The summed E-state index contributed by atoms with van der Waals surface area (Å²) in [5.74, 6) is -0.00301. The maximum Gasteiger partial charge on any atom is 0.323 e. The molecule has 1 aromatic heterocycles. The molecule has 142 valence electrons. The van der Waals surface area contributed by atoms with E-state index in [0.717, 1.165) is 0 Å². The second-order valence-electron chi connectivity index (χ2n) is 5.43. The van der Waals surface area contributed by atoms with Gasteiger partial charge in [-0.3, -0.25) is 9.63 Å². The predicted octanol–water partition coefficient (Wildman–Crippen LogP) is 3.20. The van der Waals surface area contributed by atoms with Crippen molar-refractivity contribution in [3.05, 3.63) is 72.7 Å². The van der Waals surface area contributed by atoms with Crippen molar-refractivity contribution in [1.82, 2.24) is 15.4 Å². The fraction of sp³-hybridized carbons (Fsp3) is 0.0526. The van der Waals surface area contributed by atoms with E-state index in [-0.39, 0.29) is 17.7 Å². The lowest BCUT2D eigenvalue weighted by Gasteiger charge is -2.09. The van der Waals surface area contributed by atoms with Gasteiger partial charge in [0.1, 0.15) is 5.75 Å². The first kappa shape index (κ1) is 18.8. The maximum atomic E-state index is 12.0. The molecule has 3 amide bonds. The van der Waals surface area contributed by atoms with Gasteiger partial charge < -0.3 is 15.4 Å². The molecule has 3 N–H and O–H groups in total. The predicted molar refractivity (Wildman–Crippen MR) is 102 cm³/mol. The fourth-order valence-corrected chi connectivity index (χ4v) is 2.19. The van der Waals surface area contributed by atoms with Crippen LogP contribution in [0.1, 0.15) is 10.6 Å². The van der Waals surface area contributed by atoms with Gasteiger partial charge in [-0.25, -0.2) is 15.3 Å². The fourth-order valence-electron chi connectivity index (χ4n) is 2.19. The lowest BCUT2D eigenvalue weighted by atomic mass is 10.3. The van der Waals surface area contributed by atoms with E-state index in [0.29, 0.717) is 17.1 Å². The highest BCUT2D eigenvalue weighted by atomic mass is 16.6. The molecular formula is C19H17N5O4. The third-order valence-corrected chi connectivity index (χ3v) is 3.39. The number of anilines is 2. The lowest BCUT2D eigenvalue weighted by Crippen LogP contribution is -2.24. The van der Waals surface area contributed by atoms with Crippen LogP contribution in [0.15, 0.2) is 66.9 Å². The molecule has 0 aliphatic rings. The van der Waals surface area contributed by atoms with Crippen molar-refractivity contribution in [2.45, 2.75) is 0 Å². The number of carbonyl (C=O) groups is 2. The molecule has 3 rings (SSSR count). The van der Waals surface area contributed by atoms with E-state index in [9.17, 15) is 9.59 Å². The van der Waals surface area contributed by atoms with E-state index in [1.807, 2.05) is 18.2 Å². The van der Waals surface area contributed by atoms with Crippen LogP contribution < -0.4 is 20.9 Å². The Morgan fingerprint density at radius 1 is 0.893 bits per heavy atom. The number of nitrogens with zero attached hydrogens (tertiary/aromatic N) is 2. The second kappa shape index (κ2) is 9.10. The van der Waals surface area contributed by atoms with Crippen molar-refractivity contribution in [3.8, 4) is 11.6 Å². The summed E-state index contributed by atoms with van der Waals surface area (Å²) in [6, 6.07) is 17.0. The number of hydrogen-bond acceptors (Lipinski definition) is 6. The van der Waals surface area contributed by atoms with Gasteiger partial charge in [0.15, 0.2) is 0 Å². The van der Waals surface area contributed by atoms with Crippen molar-refractivity contribution >= 4 is 23.3 Å². The third kappa shape index (κ3) is 5.26. The Morgan fingerprint density at radius 2 is 1.57 bits per heavy atom. The quantitative estimate of drug-likeness (QED) is 0.567. The molecule has 9 heteroatoms. The van der Waals surface area contributed by atoms with E-state index in [2.05, 4.69) is 30.9 Å². The summed E-state index contributed by atoms with van der Waals surface area (Å²) >= 11 is 0. The van der Waals surface area contributed by atoms with Gasteiger partial charge in [0, 0.05) is 23.6 Å². The summed E-state index contributed by atoms with van der Waals surface area (Å²) in [6.07, 6.45) is 1.40. The van der Waals surface area contributed by atoms with Gasteiger partial charge in [0.25, 0.3) is 0 Å². The number of para-hydroxylation sites is 1. The Bertz CT molecular complexity index is 948. The highest BCUT2D eigenvalue weighted by molar-refractivity contribution is 5.99. The first-order valence-corrected chi connectivity index (χ1v) is 8.21. The second-order valence-corrected chi connectivity index (χ2v) is 5.43. The van der Waals surface area contributed by atoms with Crippen LogP contribution in [0.2, 0.25) is 0 Å². The zero-order valence-electron chi connectivity index (χ0n) is 14.9. The molecule has 28 heavy (non-hydrogen) atoms. The molecule has 1 heterocycles. The van der Waals surface area contributed by atoms with Gasteiger partial charge in [-0.2, -0.15) is 4.98 Å². The molecule has 0 fully saturated rings. The normalized spacial score (nSPS) is 10.0. The third-order valence-electron chi connectivity index (χ3n) is 3.39. The van der Waals surface area contributed by atoms with Crippen LogP contribution in [0, 0.1) is 0 Å². The van der Waals surface area contributed by atoms with Crippen LogP contribution in [-0.2, 0) is 4.84 Å².